The van der Waals surface area contributed by atoms with Crippen molar-refractivity contribution in [3.05, 3.63) is 24.3 Å². The number of esters is 1. The Morgan fingerprint density at radius 2 is 2.00 bits per heavy atom. The number of carbonyl (C=O) groups is 2. The Kier molecular flexibility index (Phi) is 4.29. The molecule has 2 heterocycles. The number of benzene rings is 1. The number of carbonyl (C=O) groups excluding carboxylic acids is 2. The van der Waals surface area contributed by atoms with Crippen LogP contribution < -0.4 is 0 Å². The lowest BCUT2D eigenvalue weighted by Gasteiger charge is -2.26. The molecule has 22 heavy (non-hydrogen) atoms. The summed E-state index contributed by atoms with van der Waals surface area (Å²) in [6.45, 7) is 1.77. The Balaban J connectivity index is 1.53. The molecular formula is C14H16N4O4. The van der Waals surface area contributed by atoms with Crippen LogP contribution in [0.25, 0.3) is 11.0 Å². The standard InChI is InChI=1S/C14H16N4O4/c19-13(17-5-7-21-8-6-17)10-22-14(20)9-18-12-4-2-1-3-11(12)15-16-18/h1-4H,5-10H2. The highest BCUT2D eigenvalue weighted by molar-refractivity contribution is 5.81. The Morgan fingerprint density at radius 3 is 2.82 bits per heavy atom. The molecule has 8 nitrogen and oxygen atoms in total. The summed E-state index contributed by atoms with van der Waals surface area (Å²) in [4.78, 5) is 25.3. The van der Waals surface area contributed by atoms with Crippen molar-refractivity contribution in [3.63, 3.8) is 0 Å². The molecule has 1 saturated heterocycles. The zero-order valence-electron chi connectivity index (χ0n) is 12.0. The van der Waals surface area contributed by atoms with Crippen molar-refractivity contribution < 1.29 is 19.1 Å². The molecule has 1 aromatic carbocycles. The highest BCUT2D eigenvalue weighted by Crippen LogP contribution is 2.09. The van der Waals surface area contributed by atoms with Crippen molar-refractivity contribution in [1.29, 1.82) is 0 Å². The summed E-state index contributed by atoms with van der Waals surface area (Å²) in [5, 5.41) is 7.86. The van der Waals surface area contributed by atoms with Gasteiger partial charge in [0.1, 0.15) is 12.1 Å². The first kappa shape index (κ1) is 14.5. The number of rotatable bonds is 4. The zero-order valence-corrected chi connectivity index (χ0v) is 12.0. The van der Waals surface area contributed by atoms with Gasteiger partial charge in [0.15, 0.2) is 6.61 Å². The summed E-state index contributed by atoms with van der Waals surface area (Å²) in [7, 11) is 0. The van der Waals surface area contributed by atoms with Gasteiger partial charge in [-0.15, -0.1) is 5.10 Å². The first-order chi connectivity index (χ1) is 10.7. The monoisotopic (exact) mass is 304 g/mol. The fourth-order valence-corrected chi connectivity index (χ4v) is 2.25. The van der Waals surface area contributed by atoms with Gasteiger partial charge in [0.05, 0.1) is 18.7 Å². The molecule has 1 aliphatic rings. The lowest BCUT2D eigenvalue weighted by molar-refractivity contribution is -0.154. The number of ether oxygens (including phenoxy) is 2. The lowest BCUT2D eigenvalue weighted by atomic mass is 10.3. The number of nitrogens with zero attached hydrogens (tertiary/aromatic N) is 4. The van der Waals surface area contributed by atoms with Gasteiger partial charge in [-0.2, -0.15) is 0 Å². The van der Waals surface area contributed by atoms with Crippen molar-refractivity contribution in [2.45, 2.75) is 6.54 Å². The smallest absolute Gasteiger partial charge is 0.328 e. The first-order valence-electron chi connectivity index (χ1n) is 7.03. The lowest BCUT2D eigenvalue weighted by Crippen LogP contribution is -2.42. The molecule has 1 amide bonds. The van der Waals surface area contributed by atoms with Crippen LogP contribution in [0.2, 0.25) is 0 Å². The van der Waals surface area contributed by atoms with Crippen LogP contribution in [0.1, 0.15) is 0 Å². The molecule has 1 aliphatic heterocycles. The molecular weight excluding hydrogens is 288 g/mol. The van der Waals surface area contributed by atoms with E-state index in [1.54, 1.807) is 4.90 Å². The molecule has 0 spiro atoms. The van der Waals surface area contributed by atoms with E-state index in [-0.39, 0.29) is 19.1 Å². The molecule has 0 radical (unpaired) electrons. The van der Waals surface area contributed by atoms with Gasteiger partial charge >= 0.3 is 5.97 Å². The largest absolute Gasteiger partial charge is 0.454 e. The topological polar surface area (TPSA) is 86.6 Å². The molecule has 1 fully saturated rings. The predicted molar refractivity (Wildman–Crippen MR) is 75.9 cm³/mol. The van der Waals surface area contributed by atoms with Crippen LogP contribution in [0, 0.1) is 0 Å². The highest BCUT2D eigenvalue weighted by Gasteiger charge is 2.18. The first-order valence-corrected chi connectivity index (χ1v) is 7.03. The van der Waals surface area contributed by atoms with Crippen LogP contribution in [0.4, 0.5) is 0 Å². The van der Waals surface area contributed by atoms with E-state index in [1.165, 1.54) is 4.68 Å². The van der Waals surface area contributed by atoms with E-state index in [0.717, 1.165) is 5.52 Å². The van der Waals surface area contributed by atoms with Crippen LogP contribution in [0.3, 0.4) is 0 Å². The van der Waals surface area contributed by atoms with Gasteiger partial charge in [-0.25, -0.2) is 4.68 Å². The van der Waals surface area contributed by atoms with Crippen LogP contribution in [0.15, 0.2) is 24.3 Å². The van der Waals surface area contributed by atoms with Gasteiger partial charge < -0.3 is 14.4 Å². The Hall–Kier alpha value is -2.48. The van der Waals surface area contributed by atoms with Crippen LogP contribution in [-0.4, -0.2) is 64.7 Å². The zero-order chi connectivity index (χ0) is 15.4. The average molecular weight is 304 g/mol. The maximum absolute atomic E-state index is 11.9. The maximum Gasteiger partial charge on any atom is 0.328 e. The number of amides is 1. The molecule has 8 heteroatoms. The fourth-order valence-electron chi connectivity index (χ4n) is 2.25. The van der Waals surface area contributed by atoms with Crippen molar-refractivity contribution >= 4 is 22.9 Å². The summed E-state index contributed by atoms with van der Waals surface area (Å²) in [6.07, 6.45) is 0. The third-order valence-corrected chi connectivity index (χ3v) is 3.42. The van der Waals surface area contributed by atoms with Gasteiger partial charge in [0, 0.05) is 13.1 Å². The molecule has 0 aliphatic carbocycles. The second-order valence-corrected chi connectivity index (χ2v) is 4.89. The molecule has 0 unspecified atom stereocenters. The number of para-hydroxylation sites is 1. The second kappa shape index (κ2) is 6.52. The van der Waals surface area contributed by atoms with E-state index in [0.29, 0.717) is 31.8 Å². The third-order valence-electron chi connectivity index (χ3n) is 3.42. The minimum atomic E-state index is -0.516. The summed E-state index contributed by atoms with van der Waals surface area (Å²) in [6, 6.07) is 7.32. The average Bonchev–Trinajstić information content (AvgIpc) is 2.97. The normalized spacial score (nSPS) is 15.0. The molecule has 0 N–H and O–H groups in total. The summed E-state index contributed by atoms with van der Waals surface area (Å²) >= 11 is 0. The Morgan fingerprint density at radius 1 is 1.23 bits per heavy atom. The molecule has 0 bridgehead atoms. The third kappa shape index (κ3) is 3.22. The van der Waals surface area contributed by atoms with Crippen LogP contribution in [-0.2, 0) is 25.6 Å². The number of hydrogen-bond donors (Lipinski definition) is 0. The number of morpholine rings is 1. The molecule has 0 saturated carbocycles. The predicted octanol–water partition coefficient (Wildman–Crippen LogP) is -0.167. The van der Waals surface area contributed by atoms with Crippen molar-refractivity contribution in [3.8, 4) is 0 Å². The molecule has 116 valence electrons. The van der Waals surface area contributed by atoms with E-state index in [4.69, 9.17) is 9.47 Å². The van der Waals surface area contributed by atoms with E-state index in [2.05, 4.69) is 10.3 Å². The van der Waals surface area contributed by atoms with E-state index >= 15 is 0 Å². The SMILES string of the molecule is O=C(Cn1nnc2ccccc21)OCC(=O)N1CCOCC1. The second-order valence-electron chi connectivity index (χ2n) is 4.89. The highest BCUT2D eigenvalue weighted by atomic mass is 16.5. The minimum Gasteiger partial charge on any atom is -0.454 e. The molecule has 0 atom stereocenters. The van der Waals surface area contributed by atoms with Crippen LogP contribution in [0.5, 0.6) is 0 Å². The van der Waals surface area contributed by atoms with Gasteiger partial charge in [-0.05, 0) is 12.1 Å². The van der Waals surface area contributed by atoms with Gasteiger partial charge in [0.2, 0.25) is 0 Å². The Labute approximate surface area is 126 Å². The minimum absolute atomic E-state index is 0.0725. The molecule has 2 aromatic rings. The van der Waals surface area contributed by atoms with Crippen molar-refractivity contribution in [2.75, 3.05) is 32.9 Å². The number of fused-ring (bicyclic) bond motifs is 1. The molecule has 3 rings (SSSR count). The van der Waals surface area contributed by atoms with Gasteiger partial charge in [-0.3, -0.25) is 9.59 Å². The van der Waals surface area contributed by atoms with Crippen molar-refractivity contribution in [1.82, 2.24) is 19.9 Å². The summed E-state index contributed by atoms with van der Waals surface area (Å²) < 4.78 is 11.6. The number of hydrogen-bond acceptors (Lipinski definition) is 6. The van der Waals surface area contributed by atoms with Crippen molar-refractivity contribution in [2.24, 2.45) is 0 Å². The van der Waals surface area contributed by atoms with Gasteiger partial charge in [0.25, 0.3) is 5.91 Å². The molecule has 1 aromatic heterocycles. The maximum atomic E-state index is 11.9. The van der Waals surface area contributed by atoms with E-state index in [9.17, 15) is 9.59 Å². The van der Waals surface area contributed by atoms with E-state index < -0.39 is 5.97 Å². The van der Waals surface area contributed by atoms with Crippen LogP contribution >= 0.6 is 0 Å². The summed E-state index contributed by atoms with van der Waals surface area (Å²) in [5.74, 6) is -0.725. The fraction of sp³-hybridized carbons (Fsp3) is 0.429. The van der Waals surface area contributed by atoms with Gasteiger partial charge in [-0.1, -0.05) is 17.3 Å². The Bertz CT molecular complexity index is 678. The quantitative estimate of drug-likeness (QED) is 0.729. The van der Waals surface area contributed by atoms with E-state index in [1.807, 2.05) is 24.3 Å². The summed E-state index contributed by atoms with van der Waals surface area (Å²) in [5.41, 5.74) is 1.46. The number of aromatic nitrogens is 3.